The van der Waals surface area contributed by atoms with Crippen molar-refractivity contribution in [2.75, 3.05) is 12.4 Å². The van der Waals surface area contributed by atoms with Gasteiger partial charge in [-0.15, -0.1) is 0 Å². The van der Waals surface area contributed by atoms with Gasteiger partial charge in [-0.25, -0.2) is 0 Å². The SMILES string of the molecule is CCOC1(CS(=O)[O-])CCC1. The summed E-state index contributed by atoms with van der Waals surface area (Å²) in [6.45, 7) is 2.50. The smallest absolute Gasteiger partial charge is 0.0786 e. The molecule has 0 bridgehead atoms. The summed E-state index contributed by atoms with van der Waals surface area (Å²) in [5, 5.41) is 0. The summed E-state index contributed by atoms with van der Waals surface area (Å²) >= 11 is -1.96. The van der Waals surface area contributed by atoms with Crippen molar-refractivity contribution >= 4 is 11.1 Å². The summed E-state index contributed by atoms with van der Waals surface area (Å²) in [4.78, 5) is 0. The standard InChI is InChI=1S/C7H14O3S/c1-2-10-7(4-3-5-7)6-11(8)9/h2-6H2,1H3,(H,8,9)/p-1. The molecule has 1 aliphatic rings. The Kier molecular flexibility index (Phi) is 3.04. The third-order valence-electron chi connectivity index (χ3n) is 2.10. The van der Waals surface area contributed by atoms with Crippen molar-refractivity contribution in [1.29, 1.82) is 0 Å². The Hall–Kier alpha value is 0.0700. The molecule has 11 heavy (non-hydrogen) atoms. The Morgan fingerprint density at radius 1 is 1.64 bits per heavy atom. The molecule has 0 aromatic carbocycles. The first-order chi connectivity index (χ1) is 5.18. The van der Waals surface area contributed by atoms with Crippen LogP contribution in [0.5, 0.6) is 0 Å². The van der Waals surface area contributed by atoms with Crippen molar-refractivity contribution in [1.82, 2.24) is 0 Å². The molecular formula is C7H13O3S-. The van der Waals surface area contributed by atoms with Crippen LogP contribution in [0.2, 0.25) is 0 Å². The lowest BCUT2D eigenvalue weighted by atomic mass is 9.82. The molecule has 0 heterocycles. The Morgan fingerprint density at radius 2 is 2.27 bits per heavy atom. The second kappa shape index (κ2) is 3.65. The summed E-state index contributed by atoms with van der Waals surface area (Å²) in [5.74, 6) is 0.167. The van der Waals surface area contributed by atoms with Crippen LogP contribution >= 0.6 is 0 Å². The molecule has 1 rings (SSSR count). The average Bonchev–Trinajstić information content (AvgIpc) is 1.82. The van der Waals surface area contributed by atoms with E-state index in [4.69, 9.17) is 4.74 Å². The maximum atomic E-state index is 10.4. The van der Waals surface area contributed by atoms with Crippen LogP contribution in [0.4, 0.5) is 0 Å². The van der Waals surface area contributed by atoms with E-state index in [0.717, 1.165) is 19.3 Å². The van der Waals surface area contributed by atoms with E-state index < -0.39 is 11.1 Å². The van der Waals surface area contributed by atoms with E-state index in [2.05, 4.69) is 0 Å². The highest BCUT2D eigenvalue weighted by atomic mass is 32.2. The van der Waals surface area contributed by atoms with Gasteiger partial charge in [0.25, 0.3) is 0 Å². The summed E-state index contributed by atoms with van der Waals surface area (Å²) in [7, 11) is 0. The molecule has 0 aromatic rings. The minimum atomic E-state index is -1.96. The maximum absolute atomic E-state index is 10.4. The molecule has 0 aliphatic heterocycles. The van der Waals surface area contributed by atoms with Crippen LogP contribution in [0.25, 0.3) is 0 Å². The van der Waals surface area contributed by atoms with E-state index >= 15 is 0 Å². The van der Waals surface area contributed by atoms with Crippen LogP contribution in [0, 0.1) is 0 Å². The van der Waals surface area contributed by atoms with Gasteiger partial charge < -0.3 is 9.29 Å². The lowest BCUT2D eigenvalue weighted by Gasteiger charge is -2.41. The van der Waals surface area contributed by atoms with E-state index in [1.807, 2.05) is 6.92 Å². The van der Waals surface area contributed by atoms with E-state index in [-0.39, 0.29) is 11.4 Å². The minimum absolute atomic E-state index is 0.167. The number of hydrogen-bond donors (Lipinski definition) is 0. The molecular weight excluding hydrogens is 164 g/mol. The number of rotatable bonds is 4. The summed E-state index contributed by atoms with van der Waals surface area (Å²) < 4.78 is 26.2. The van der Waals surface area contributed by atoms with Crippen LogP contribution in [-0.2, 0) is 15.8 Å². The third-order valence-corrected chi connectivity index (χ3v) is 2.86. The second-order valence-corrected chi connectivity index (χ2v) is 3.81. The molecule has 1 saturated carbocycles. The van der Waals surface area contributed by atoms with Crippen molar-refractivity contribution in [3.63, 3.8) is 0 Å². The van der Waals surface area contributed by atoms with Gasteiger partial charge in [-0.05, 0) is 26.2 Å². The Labute approximate surface area is 69.4 Å². The third kappa shape index (κ3) is 2.25. The molecule has 0 saturated heterocycles. The van der Waals surface area contributed by atoms with Crippen LogP contribution in [0.15, 0.2) is 0 Å². The van der Waals surface area contributed by atoms with Gasteiger partial charge in [-0.2, -0.15) is 0 Å². The molecule has 1 fully saturated rings. The zero-order chi connectivity index (χ0) is 8.32. The molecule has 1 atom stereocenters. The minimum Gasteiger partial charge on any atom is -0.772 e. The highest BCUT2D eigenvalue weighted by Crippen LogP contribution is 2.35. The van der Waals surface area contributed by atoms with Gasteiger partial charge in [-0.1, -0.05) is 11.1 Å². The van der Waals surface area contributed by atoms with Gasteiger partial charge in [0, 0.05) is 12.4 Å². The first-order valence-corrected chi connectivity index (χ1v) is 5.13. The molecule has 4 heteroatoms. The van der Waals surface area contributed by atoms with Crippen LogP contribution in [-0.4, -0.2) is 26.7 Å². The number of hydrogen-bond acceptors (Lipinski definition) is 3. The van der Waals surface area contributed by atoms with Gasteiger partial charge in [0.05, 0.1) is 5.60 Å². The lowest BCUT2D eigenvalue weighted by Crippen LogP contribution is -2.45. The van der Waals surface area contributed by atoms with Crippen LogP contribution in [0.1, 0.15) is 26.2 Å². The Bertz CT molecular complexity index is 154. The van der Waals surface area contributed by atoms with Crippen LogP contribution < -0.4 is 0 Å². The van der Waals surface area contributed by atoms with Crippen molar-refractivity contribution in [2.24, 2.45) is 0 Å². The molecule has 0 aromatic heterocycles. The van der Waals surface area contributed by atoms with E-state index in [1.54, 1.807) is 0 Å². The first-order valence-electron chi connectivity index (χ1n) is 3.88. The van der Waals surface area contributed by atoms with Crippen molar-refractivity contribution in [2.45, 2.75) is 31.8 Å². The fourth-order valence-corrected chi connectivity index (χ4v) is 2.22. The summed E-state index contributed by atoms with van der Waals surface area (Å²) in [6, 6.07) is 0. The quantitative estimate of drug-likeness (QED) is 0.597. The fraction of sp³-hybridized carbons (Fsp3) is 1.00. The monoisotopic (exact) mass is 177 g/mol. The Morgan fingerprint density at radius 3 is 2.55 bits per heavy atom. The molecule has 66 valence electrons. The topological polar surface area (TPSA) is 49.4 Å². The summed E-state index contributed by atoms with van der Waals surface area (Å²) in [6.07, 6.45) is 2.89. The van der Waals surface area contributed by atoms with Gasteiger partial charge >= 0.3 is 0 Å². The molecule has 1 unspecified atom stereocenters. The fourth-order valence-electron chi connectivity index (χ4n) is 1.42. The van der Waals surface area contributed by atoms with Crippen molar-refractivity contribution in [3.05, 3.63) is 0 Å². The largest absolute Gasteiger partial charge is 0.772 e. The van der Waals surface area contributed by atoms with Crippen molar-refractivity contribution < 1.29 is 13.5 Å². The van der Waals surface area contributed by atoms with E-state index in [1.165, 1.54) is 0 Å². The van der Waals surface area contributed by atoms with Gasteiger partial charge in [0.2, 0.25) is 0 Å². The lowest BCUT2D eigenvalue weighted by molar-refractivity contribution is -0.0771. The zero-order valence-electron chi connectivity index (χ0n) is 6.67. The van der Waals surface area contributed by atoms with Crippen LogP contribution in [0.3, 0.4) is 0 Å². The highest BCUT2D eigenvalue weighted by molar-refractivity contribution is 7.79. The normalized spacial score (nSPS) is 24.2. The zero-order valence-corrected chi connectivity index (χ0v) is 7.49. The molecule has 0 spiro atoms. The average molecular weight is 177 g/mol. The molecule has 0 N–H and O–H groups in total. The summed E-state index contributed by atoms with van der Waals surface area (Å²) in [5.41, 5.74) is -0.318. The first kappa shape index (κ1) is 9.16. The van der Waals surface area contributed by atoms with E-state index in [0.29, 0.717) is 6.61 Å². The molecule has 1 aliphatic carbocycles. The molecule has 0 amide bonds. The Balaban J connectivity index is 2.39. The van der Waals surface area contributed by atoms with Gasteiger partial charge in [-0.3, -0.25) is 4.21 Å². The maximum Gasteiger partial charge on any atom is 0.0786 e. The molecule has 3 nitrogen and oxygen atoms in total. The predicted octanol–water partition coefficient (Wildman–Crippen LogP) is 0.825. The highest BCUT2D eigenvalue weighted by Gasteiger charge is 2.37. The van der Waals surface area contributed by atoms with Crippen molar-refractivity contribution in [3.8, 4) is 0 Å². The second-order valence-electron chi connectivity index (χ2n) is 2.92. The molecule has 0 radical (unpaired) electrons. The number of ether oxygens (including phenoxy) is 1. The predicted molar refractivity (Wildman–Crippen MR) is 42.0 cm³/mol. The van der Waals surface area contributed by atoms with E-state index in [9.17, 15) is 8.76 Å². The van der Waals surface area contributed by atoms with Gasteiger partial charge in [0.1, 0.15) is 0 Å². The van der Waals surface area contributed by atoms with Gasteiger partial charge in [0.15, 0.2) is 0 Å².